The lowest BCUT2D eigenvalue weighted by Crippen LogP contribution is -2.34. The van der Waals surface area contributed by atoms with Crippen LogP contribution in [0.2, 0.25) is 0 Å². The van der Waals surface area contributed by atoms with Gasteiger partial charge in [-0.2, -0.15) is 13.2 Å². The molecule has 0 saturated carbocycles. The Morgan fingerprint density at radius 2 is 1.66 bits per heavy atom. The minimum Gasteiger partial charge on any atom is -0.490 e. The van der Waals surface area contributed by atoms with Gasteiger partial charge in [0.1, 0.15) is 11.9 Å². The van der Waals surface area contributed by atoms with E-state index in [9.17, 15) is 18.0 Å². The Bertz CT molecular complexity index is 1080. The molecule has 0 spiro atoms. The van der Waals surface area contributed by atoms with E-state index in [0.29, 0.717) is 28.1 Å². The molecule has 4 rings (SSSR count). The molecule has 166 valence electrons. The number of amides is 1. The van der Waals surface area contributed by atoms with E-state index in [-0.39, 0.29) is 12.0 Å². The summed E-state index contributed by atoms with van der Waals surface area (Å²) in [5.41, 5.74) is 1.32. The predicted octanol–water partition coefficient (Wildman–Crippen LogP) is 5.76. The second kappa shape index (κ2) is 9.44. The number of hydrogen-bond donors (Lipinski definition) is 2. The van der Waals surface area contributed by atoms with Gasteiger partial charge < -0.3 is 15.4 Å². The Morgan fingerprint density at radius 1 is 0.938 bits per heavy atom. The Balaban J connectivity index is 1.51. The number of benzene rings is 3. The van der Waals surface area contributed by atoms with Crippen molar-refractivity contribution in [1.82, 2.24) is 5.32 Å². The molecular weight excluding hydrogens is 417 g/mol. The summed E-state index contributed by atoms with van der Waals surface area (Å²) in [7, 11) is 0. The second-order valence-corrected chi connectivity index (χ2v) is 7.67. The summed E-state index contributed by atoms with van der Waals surface area (Å²) in [5.74, 6) is 0.338. The number of hydrogen-bond acceptors (Lipinski definition) is 3. The van der Waals surface area contributed by atoms with Crippen molar-refractivity contribution in [1.29, 1.82) is 0 Å². The SMILES string of the molecule is O=C(Nc1cccc(OC2CCNCC2)c1)c1ccccc1-c1ccc(C(F)(F)F)cc1. The van der Waals surface area contributed by atoms with Gasteiger partial charge in [-0.15, -0.1) is 0 Å². The Hall–Kier alpha value is -3.32. The van der Waals surface area contributed by atoms with Crippen LogP contribution in [0.25, 0.3) is 11.1 Å². The van der Waals surface area contributed by atoms with Crippen molar-refractivity contribution in [2.24, 2.45) is 0 Å². The van der Waals surface area contributed by atoms with Crippen LogP contribution < -0.4 is 15.4 Å². The molecule has 1 aliphatic rings. The van der Waals surface area contributed by atoms with Gasteiger partial charge in [-0.05, 0) is 67.4 Å². The maximum Gasteiger partial charge on any atom is 0.416 e. The molecule has 4 nitrogen and oxygen atoms in total. The van der Waals surface area contributed by atoms with Crippen molar-refractivity contribution in [2.75, 3.05) is 18.4 Å². The largest absolute Gasteiger partial charge is 0.490 e. The van der Waals surface area contributed by atoms with Gasteiger partial charge in [0.05, 0.1) is 5.56 Å². The second-order valence-electron chi connectivity index (χ2n) is 7.67. The van der Waals surface area contributed by atoms with E-state index < -0.39 is 11.7 Å². The molecule has 1 aliphatic heterocycles. The number of ether oxygens (including phenoxy) is 1. The highest BCUT2D eigenvalue weighted by Gasteiger charge is 2.30. The van der Waals surface area contributed by atoms with Crippen LogP contribution in [0, 0.1) is 0 Å². The molecule has 0 bridgehead atoms. The first kappa shape index (κ1) is 21.9. The summed E-state index contributed by atoms with van der Waals surface area (Å²) in [5, 5.41) is 6.16. The smallest absolute Gasteiger partial charge is 0.416 e. The number of carbonyl (C=O) groups is 1. The van der Waals surface area contributed by atoms with E-state index in [2.05, 4.69) is 10.6 Å². The normalized spacial score (nSPS) is 14.7. The van der Waals surface area contributed by atoms with Crippen LogP contribution in [0.5, 0.6) is 5.75 Å². The molecule has 0 aromatic heterocycles. The molecule has 2 N–H and O–H groups in total. The number of carbonyl (C=O) groups excluding carboxylic acids is 1. The van der Waals surface area contributed by atoms with E-state index in [0.717, 1.165) is 38.1 Å². The molecule has 1 heterocycles. The summed E-state index contributed by atoms with van der Waals surface area (Å²) in [6.07, 6.45) is -2.41. The van der Waals surface area contributed by atoms with Gasteiger partial charge in [-0.25, -0.2) is 0 Å². The van der Waals surface area contributed by atoms with Crippen LogP contribution in [0.1, 0.15) is 28.8 Å². The lowest BCUT2D eigenvalue weighted by molar-refractivity contribution is -0.137. The quantitative estimate of drug-likeness (QED) is 0.531. The fourth-order valence-corrected chi connectivity index (χ4v) is 3.72. The topological polar surface area (TPSA) is 50.4 Å². The van der Waals surface area contributed by atoms with E-state index in [1.807, 2.05) is 12.1 Å². The average molecular weight is 440 g/mol. The van der Waals surface area contributed by atoms with Gasteiger partial charge in [0.25, 0.3) is 5.91 Å². The first-order valence-corrected chi connectivity index (χ1v) is 10.5. The number of nitrogens with one attached hydrogen (secondary N) is 2. The van der Waals surface area contributed by atoms with Gasteiger partial charge in [0, 0.05) is 17.3 Å². The van der Waals surface area contributed by atoms with Crippen LogP contribution in [-0.2, 0) is 6.18 Å². The zero-order valence-electron chi connectivity index (χ0n) is 17.3. The van der Waals surface area contributed by atoms with Gasteiger partial charge >= 0.3 is 6.18 Å². The van der Waals surface area contributed by atoms with Crippen molar-refractivity contribution < 1.29 is 22.7 Å². The number of anilines is 1. The highest BCUT2D eigenvalue weighted by molar-refractivity contribution is 6.08. The monoisotopic (exact) mass is 440 g/mol. The van der Waals surface area contributed by atoms with Gasteiger partial charge in [-0.1, -0.05) is 36.4 Å². The number of piperidine rings is 1. The number of halogens is 3. The van der Waals surface area contributed by atoms with E-state index in [1.54, 1.807) is 36.4 Å². The maximum absolute atomic E-state index is 13.0. The van der Waals surface area contributed by atoms with Crippen LogP contribution in [0.15, 0.2) is 72.8 Å². The Kier molecular flexibility index (Phi) is 6.46. The highest BCUT2D eigenvalue weighted by atomic mass is 19.4. The molecule has 1 saturated heterocycles. The van der Waals surface area contributed by atoms with Crippen LogP contribution in [0.3, 0.4) is 0 Å². The van der Waals surface area contributed by atoms with Gasteiger partial charge in [-0.3, -0.25) is 4.79 Å². The Morgan fingerprint density at radius 3 is 2.38 bits per heavy atom. The van der Waals surface area contributed by atoms with Crippen molar-refractivity contribution >= 4 is 11.6 Å². The van der Waals surface area contributed by atoms with Crippen molar-refractivity contribution in [2.45, 2.75) is 25.1 Å². The number of alkyl halides is 3. The summed E-state index contributed by atoms with van der Waals surface area (Å²) in [6.45, 7) is 1.84. The summed E-state index contributed by atoms with van der Waals surface area (Å²) < 4.78 is 44.7. The van der Waals surface area contributed by atoms with Crippen molar-refractivity contribution in [3.63, 3.8) is 0 Å². The fourth-order valence-electron chi connectivity index (χ4n) is 3.72. The van der Waals surface area contributed by atoms with Crippen LogP contribution in [0.4, 0.5) is 18.9 Å². The lowest BCUT2D eigenvalue weighted by atomic mass is 9.98. The predicted molar refractivity (Wildman–Crippen MR) is 118 cm³/mol. The van der Waals surface area contributed by atoms with Gasteiger partial charge in [0.15, 0.2) is 0 Å². The molecule has 0 radical (unpaired) electrons. The molecule has 0 aliphatic carbocycles. The Labute approximate surface area is 184 Å². The number of rotatable bonds is 5. The summed E-state index contributed by atoms with van der Waals surface area (Å²) >= 11 is 0. The third kappa shape index (κ3) is 5.29. The highest BCUT2D eigenvalue weighted by Crippen LogP contribution is 2.32. The minimum absolute atomic E-state index is 0.141. The molecule has 3 aromatic carbocycles. The van der Waals surface area contributed by atoms with Crippen LogP contribution in [-0.4, -0.2) is 25.1 Å². The molecule has 0 atom stereocenters. The standard InChI is InChI=1S/C25H23F3N2O2/c26-25(27,28)18-10-8-17(9-11-18)22-6-1-2-7-23(22)24(31)30-19-4-3-5-21(16-19)32-20-12-14-29-15-13-20/h1-11,16,20,29H,12-15H2,(H,30,31). The molecular formula is C25H23F3N2O2. The van der Waals surface area contributed by atoms with Gasteiger partial charge in [0.2, 0.25) is 0 Å². The first-order chi connectivity index (χ1) is 15.4. The minimum atomic E-state index is -4.41. The fraction of sp³-hybridized carbons (Fsp3) is 0.240. The van der Waals surface area contributed by atoms with Crippen molar-refractivity contribution in [3.05, 3.63) is 83.9 Å². The molecule has 7 heteroatoms. The summed E-state index contributed by atoms with van der Waals surface area (Å²) in [4.78, 5) is 13.0. The molecule has 32 heavy (non-hydrogen) atoms. The zero-order chi connectivity index (χ0) is 22.6. The lowest BCUT2D eigenvalue weighted by Gasteiger charge is -2.24. The maximum atomic E-state index is 13.0. The van der Waals surface area contributed by atoms with E-state index in [1.165, 1.54) is 12.1 Å². The van der Waals surface area contributed by atoms with Crippen molar-refractivity contribution in [3.8, 4) is 16.9 Å². The summed E-state index contributed by atoms with van der Waals surface area (Å²) in [6, 6.07) is 18.8. The molecule has 1 fully saturated rings. The van der Waals surface area contributed by atoms with E-state index >= 15 is 0 Å². The molecule has 3 aromatic rings. The van der Waals surface area contributed by atoms with E-state index in [4.69, 9.17) is 4.74 Å². The molecule has 1 amide bonds. The molecule has 0 unspecified atom stereocenters. The zero-order valence-corrected chi connectivity index (χ0v) is 17.3. The third-order valence-corrected chi connectivity index (χ3v) is 5.38. The average Bonchev–Trinajstić information content (AvgIpc) is 2.79. The van der Waals surface area contributed by atoms with Crippen LogP contribution >= 0.6 is 0 Å². The third-order valence-electron chi connectivity index (χ3n) is 5.38. The first-order valence-electron chi connectivity index (χ1n) is 10.5.